The van der Waals surface area contributed by atoms with E-state index in [0.29, 0.717) is 4.90 Å². The van der Waals surface area contributed by atoms with Gasteiger partial charge in [-0.2, -0.15) is 0 Å². The highest BCUT2D eigenvalue weighted by Gasteiger charge is 2.28. The predicted molar refractivity (Wildman–Crippen MR) is 90.8 cm³/mol. The first-order valence-corrected chi connectivity index (χ1v) is 9.29. The normalized spacial score (nSPS) is 13.7. The molecule has 0 aliphatic carbocycles. The highest BCUT2D eigenvalue weighted by atomic mass is 32.2. The Balaban J connectivity index is 2.87. The van der Waals surface area contributed by atoms with Crippen LogP contribution in [0.4, 0.5) is 0 Å². The van der Waals surface area contributed by atoms with Crippen LogP contribution in [0.2, 0.25) is 0 Å². The van der Waals surface area contributed by atoms with Gasteiger partial charge in [0.2, 0.25) is 0 Å². The monoisotopic (exact) mass is 353 g/mol. The molecule has 0 unspecified atom stereocenters. The van der Waals surface area contributed by atoms with E-state index in [1.165, 1.54) is 11.5 Å². The van der Waals surface area contributed by atoms with Gasteiger partial charge in [-0.05, 0) is 39.3 Å². The molecule has 0 spiro atoms. The van der Waals surface area contributed by atoms with Gasteiger partial charge in [-0.1, -0.05) is 23.8 Å². The zero-order valence-electron chi connectivity index (χ0n) is 14.1. The van der Waals surface area contributed by atoms with Gasteiger partial charge < -0.3 is 9.47 Å². The van der Waals surface area contributed by atoms with Crippen LogP contribution >= 0.6 is 0 Å². The van der Waals surface area contributed by atoms with Crippen LogP contribution in [0.25, 0.3) is 0 Å². The Hall–Kier alpha value is -2.15. The van der Waals surface area contributed by atoms with Crippen molar-refractivity contribution in [2.24, 2.45) is 5.92 Å². The molecule has 0 aliphatic rings. The summed E-state index contributed by atoms with van der Waals surface area (Å²) in [7, 11) is -3.13. The lowest BCUT2D eigenvalue weighted by molar-refractivity contribution is -0.161. The molecule has 0 aliphatic heterocycles. The molecule has 1 rings (SSSR count). The smallest absolute Gasteiger partial charge is 0.320 e. The van der Waals surface area contributed by atoms with E-state index >= 15 is 0 Å². The van der Waals surface area contributed by atoms with Crippen LogP contribution < -0.4 is 0 Å². The summed E-state index contributed by atoms with van der Waals surface area (Å²) in [5.74, 6) is -2.49. The van der Waals surface area contributed by atoms with Crippen LogP contribution in [-0.4, -0.2) is 29.4 Å². The second-order valence-electron chi connectivity index (χ2n) is 5.08. The fourth-order valence-electron chi connectivity index (χ4n) is 1.92. The predicted octanol–water partition coefficient (Wildman–Crippen LogP) is 3.05. The van der Waals surface area contributed by atoms with Gasteiger partial charge in [0.1, 0.15) is 0 Å². The maximum absolute atomic E-state index is 12.4. The van der Waals surface area contributed by atoms with E-state index in [0.717, 1.165) is 5.56 Å². The number of benzene rings is 1. The lowest BCUT2D eigenvalue weighted by Gasteiger charge is -2.12. The molecule has 0 amide bonds. The van der Waals surface area contributed by atoms with E-state index in [9.17, 15) is 13.8 Å². The van der Waals surface area contributed by atoms with E-state index in [1.54, 1.807) is 38.1 Å². The molecule has 0 saturated carbocycles. The van der Waals surface area contributed by atoms with Crippen LogP contribution in [0.3, 0.4) is 0 Å². The van der Waals surface area contributed by atoms with Crippen molar-refractivity contribution in [1.29, 1.82) is 4.78 Å². The first-order chi connectivity index (χ1) is 11.3. The zero-order chi connectivity index (χ0) is 18.2. The minimum absolute atomic E-state index is 0.0284. The molecule has 6 nitrogen and oxygen atoms in total. The third-order valence-electron chi connectivity index (χ3n) is 3.17. The number of carbonyl (C=O) groups is 2. The number of carbonyl (C=O) groups excluding carboxylic acids is 2. The molecule has 0 bridgehead atoms. The van der Waals surface area contributed by atoms with E-state index in [4.69, 9.17) is 14.3 Å². The van der Waals surface area contributed by atoms with Crippen molar-refractivity contribution in [1.82, 2.24) is 0 Å². The molecule has 1 aromatic rings. The summed E-state index contributed by atoms with van der Waals surface area (Å²) in [6, 6.07) is 6.81. The van der Waals surface area contributed by atoms with Gasteiger partial charge >= 0.3 is 11.9 Å². The number of hydrogen-bond acceptors (Lipinski definition) is 6. The second-order valence-corrected chi connectivity index (χ2v) is 7.02. The molecule has 0 radical (unpaired) electrons. The summed E-state index contributed by atoms with van der Waals surface area (Å²) < 4.78 is 30.1. The van der Waals surface area contributed by atoms with Crippen LogP contribution in [0, 0.1) is 17.6 Å². The van der Waals surface area contributed by atoms with Crippen LogP contribution in [0.15, 0.2) is 40.6 Å². The highest BCUT2D eigenvalue weighted by Crippen LogP contribution is 2.16. The first-order valence-electron chi connectivity index (χ1n) is 7.67. The maximum atomic E-state index is 12.4. The molecule has 1 aromatic carbocycles. The van der Waals surface area contributed by atoms with E-state index in [2.05, 4.69) is 0 Å². The van der Waals surface area contributed by atoms with Gasteiger partial charge in [-0.25, -0.2) is 8.99 Å². The van der Waals surface area contributed by atoms with Crippen molar-refractivity contribution >= 4 is 21.7 Å². The second kappa shape index (κ2) is 9.22. The Morgan fingerprint density at radius 3 is 2.08 bits per heavy atom. The summed E-state index contributed by atoms with van der Waals surface area (Å²) in [6.07, 6.45) is 1.37. The fraction of sp³-hybridized carbons (Fsp3) is 0.412. The van der Waals surface area contributed by atoms with Crippen LogP contribution in [0.1, 0.15) is 25.8 Å². The SMILES string of the molecule is CCOC(=O)C(C/C=C/[S@@](=N)(=O)c1ccc(C)cc1)C(=O)OCC. The van der Waals surface area contributed by atoms with Gasteiger partial charge in [-0.3, -0.25) is 9.59 Å². The van der Waals surface area contributed by atoms with Crippen molar-refractivity contribution in [2.45, 2.75) is 32.1 Å². The van der Waals surface area contributed by atoms with Crippen molar-refractivity contribution in [3.8, 4) is 0 Å². The van der Waals surface area contributed by atoms with Gasteiger partial charge in [-0.15, -0.1) is 0 Å². The molecule has 0 fully saturated rings. The quantitative estimate of drug-likeness (QED) is 0.573. The minimum Gasteiger partial charge on any atom is -0.465 e. The zero-order valence-corrected chi connectivity index (χ0v) is 14.9. The number of nitrogens with one attached hydrogen (secondary N) is 1. The van der Waals surface area contributed by atoms with Gasteiger partial charge in [0.25, 0.3) is 0 Å². The molecule has 1 N–H and O–H groups in total. The lowest BCUT2D eigenvalue weighted by atomic mass is 10.1. The third kappa shape index (κ3) is 5.81. The van der Waals surface area contributed by atoms with E-state index < -0.39 is 27.6 Å². The molecule has 0 aromatic heterocycles. The Morgan fingerprint density at radius 2 is 1.62 bits per heavy atom. The highest BCUT2D eigenvalue weighted by molar-refractivity contribution is 7.95. The van der Waals surface area contributed by atoms with Gasteiger partial charge in [0.05, 0.1) is 27.8 Å². The number of hydrogen-bond donors (Lipinski definition) is 1. The Kier molecular flexibility index (Phi) is 7.64. The first kappa shape index (κ1) is 19.9. The summed E-state index contributed by atoms with van der Waals surface area (Å²) in [5.41, 5.74) is 1.00. The third-order valence-corrected chi connectivity index (χ3v) is 4.72. The van der Waals surface area contributed by atoms with Crippen LogP contribution in [0.5, 0.6) is 0 Å². The van der Waals surface area contributed by atoms with Crippen molar-refractivity contribution in [3.63, 3.8) is 0 Å². The van der Waals surface area contributed by atoms with E-state index in [-0.39, 0.29) is 19.6 Å². The molecule has 0 heterocycles. The molecular formula is C17H23NO5S. The number of esters is 2. The maximum Gasteiger partial charge on any atom is 0.320 e. The Morgan fingerprint density at radius 1 is 1.12 bits per heavy atom. The summed E-state index contributed by atoms with van der Waals surface area (Å²) >= 11 is 0. The number of allylic oxidation sites excluding steroid dienone is 1. The molecule has 7 heteroatoms. The minimum atomic E-state index is -3.13. The largest absolute Gasteiger partial charge is 0.465 e. The standard InChI is InChI=1S/C17H23NO5S/c1-4-22-16(19)15(17(20)23-5-2)7-6-12-24(18,21)14-10-8-13(3)9-11-14/h6,8-12,15,18H,4-5,7H2,1-3H3/b12-6+/t24-/m1/s1. The molecule has 1 atom stereocenters. The Bertz CT molecular complexity index is 674. The van der Waals surface area contributed by atoms with Crippen molar-refractivity contribution < 1.29 is 23.3 Å². The van der Waals surface area contributed by atoms with Crippen molar-refractivity contribution in [2.75, 3.05) is 13.2 Å². The van der Waals surface area contributed by atoms with Crippen molar-refractivity contribution in [3.05, 3.63) is 41.3 Å². The number of rotatable bonds is 8. The topological polar surface area (TPSA) is 93.5 Å². The molecular weight excluding hydrogens is 330 g/mol. The van der Waals surface area contributed by atoms with Gasteiger partial charge in [0.15, 0.2) is 5.92 Å². The fourth-order valence-corrected chi connectivity index (χ4v) is 3.00. The van der Waals surface area contributed by atoms with Gasteiger partial charge in [0, 0.05) is 5.41 Å². The summed E-state index contributed by atoms with van der Waals surface area (Å²) in [5, 5.41) is 1.21. The summed E-state index contributed by atoms with van der Waals surface area (Å²) in [6.45, 7) is 5.48. The summed E-state index contributed by atoms with van der Waals surface area (Å²) in [4.78, 5) is 24.1. The van der Waals surface area contributed by atoms with E-state index in [1.807, 2.05) is 6.92 Å². The Labute approximate surface area is 142 Å². The lowest BCUT2D eigenvalue weighted by Crippen LogP contribution is -2.27. The molecule has 0 saturated heterocycles. The van der Waals surface area contributed by atoms with Crippen LogP contribution in [-0.2, 0) is 28.8 Å². The number of ether oxygens (including phenoxy) is 2. The average Bonchev–Trinajstić information content (AvgIpc) is 2.52. The average molecular weight is 353 g/mol. The number of aryl methyl sites for hydroxylation is 1. The molecule has 24 heavy (non-hydrogen) atoms. The molecule has 132 valence electrons.